The molecule has 3 heterocycles. The normalized spacial score (nSPS) is 13.6. The number of nitrogens with zero attached hydrogens (tertiary/aromatic N) is 3. The number of carbonyl (C=O) groups is 1. The van der Waals surface area contributed by atoms with Gasteiger partial charge in [0.25, 0.3) is 5.91 Å². The van der Waals surface area contributed by atoms with Crippen LogP contribution >= 0.6 is 22.7 Å². The van der Waals surface area contributed by atoms with Crippen molar-refractivity contribution in [1.29, 1.82) is 0 Å². The van der Waals surface area contributed by atoms with E-state index in [-0.39, 0.29) is 5.91 Å². The largest absolute Gasteiger partial charge is 0.339 e. The van der Waals surface area contributed by atoms with Gasteiger partial charge in [0.05, 0.1) is 11.4 Å². The molecule has 28 heavy (non-hydrogen) atoms. The highest BCUT2D eigenvalue weighted by atomic mass is 32.1. The summed E-state index contributed by atoms with van der Waals surface area (Å²) in [5.74, 6) is -0.187. The van der Waals surface area contributed by atoms with Crippen molar-refractivity contribution in [2.75, 3.05) is 5.32 Å². The van der Waals surface area contributed by atoms with E-state index in [2.05, 4.69) is 45.0 Å². The summed E-state index contributed by atoms with van der Waals surface area (Å²) in [6.07, 6.45) is 4.49. The van der Waals surface area contributed by atoms with Gasteiger partial charge in [-0.15, -0.1) is 22.7 Å². The zero-order valence-corrected chi connectivity index (χ0v) is 17.2. The lowest BCUT2D eigenvalue weighted by Gasteiger charge is -2.06. The first kappa shape index (κ1) is 17.6. The first-order valence-electron chi connectivity index (χ1n) is 9.57. The van der Waals surface area contributed by atoms with Crippen LogP contribution < -0.4 is 5.32 Å². The Bertz CT molecular complexity index is 1150. The second-order valence-electron chi connectivity index (χ2n) is 6.92. The minimum Gasteiger partial charge on any atom is -0.339 e. The van der Waals surface area contributed by atoms with Crippen LogP contribution in [0.1, 0.15) is 40.8 Å². The Morgan fingerprint density at radius 1 is 1.21 bits per heavy atom. The molecular weight excluding hydrogens is 388 g/mol. The summed E-state index contributed by atoms with van der Waals surface area (Å²) in [7, 11) is 0. The predicted octanol–water partition coefficient (Wildman–Crippen LogP) is 5.37. The fourth-order valence-corrected chi connectivity index (χ4v) is 5.66. The van der Waals surface area contributed by atoms with E-state index in [1.165, 1.54) is 40.0 Å². The van der Waals surface area contributed by atoms with Crippen LogP contribution in [0.5, 0.6) is 0 Å². The average Bonchev–Trinajstić information content (AvgIpc) is 3.43. The summed E-state index contributed by atoms with van der Waals surface area (Å²) >= 11 is 3.10. The quantitative estimate of drug-likeness (QED) is 0.494. The number of benzene rings is 1. The third kappa shape index (κ3) is 3.04. The number of fused-ring (bicyclic) bond motifs is 2. The van der Waals surface area contributed by atoms with Crippen LogP contribution in [0.2, 0.25) is 0 Å². The Labute approximate surface area is 171 Å². The van der Waals surface area contributed by atoms with Gasteiger partial charge in [-0.25, -0.2) is 9.97 Å². The van der Waals surface area contributed by atoms with Crippen LogP contribution in [0.15, 0.2) is 35.7 Å². The standard InChI is InChI=1S/C21H20N4OS2/c1-2-25-16-9-5-3-7-13(16)11-17(25)20-22-15(12-27-20)19(26)24-21-23-14-8-4-6-10-18(14)28-21/h3,5,7,9,11-12H,2,4,6,8,10H2,1H3,(H,23,24,26). The summed E-state index contributed by atoms with van der Waals surface area (Å²) in [5, 5.41) is 7.51. The molecule has 0 spiro atoms. The zero-order chi connectivity index (χ0) is 19.1. The second kappa shape index (κ2) is 7.14. The summed E-state index contributed by atoms with van der Waals surface area (Å²) in [5.41, 5.74) is 3.84. The SMILES string of the molecule is CCn1c(-c2nc(C(=O)Nc3nc4c(s3)CCCC4)cs2)cc2ccccc21. The van der Waals surface area contributed by atoms with E-state index in [9.17, 15) is 4.79 Å². The van der Waals surface area contributed by atoms with Gasteiger partial charge in [0.1, 0.15) is 10.7 Å². The number of aryl methyl sites for hydroxylation is 3. The Kier molecular flexibility index (Phi) is 4.49. The van der Waals surface area contributed by atoms with E-state index in [1.807, 2.05) is 17.5 Å². The van der Waals surface area contributed by atoms with Gasteiger partial charge in [-0.1, -0.05) is 18.2 Å². The third-order valence-corrected chi connectivity index (χ3v) is 7.09. The highest BCUT2D eigenvalue weighted by Gasteiger charge is 2.19. The Hall–Kier alpha value is -2.51. The Balaban J connectivity index is 1.41. The van der Waals surface area contributed by atoms with Crippen LogP contribution in [-0.4, -0.2) is 20.4 Å². The molecule has 3 aromatic heterocycles. The van der Waals surface area contributed by atoms with Crippen molar-refractivity contribution in [3.8, 4) is 10.7 Å². The highest BCUT2D eigenvalue weighted by Crippen LogP contribution is 2.32. The number of carbonyl (C=O) groups excluding carboxylic acids is 1. The minimum absolute atomic E-state index is 0.187. The minimum atomic E-state index is -0.187. The van der Waals surface area contributed by atoms with Gasteiger partial charge in [-0.05, 0) is 44.7 Å². The molecule has 1 N–H and O–H groups in total. The van der Waals surface area contributed by atoms with Gasteiger partial charge in [-0.3, -0.25) is 10.1 Å². The molecule has 5 rings (SSSR count). The van der Waals surface area contributed by atoms with Crippen LogP contribution in [-0.2, 0) is 19.4 Å². The molecular formula is C21H20N4OS2. The van der Waals surface area contributed by atoms with Gasteiger partial charge in [0.15, 0.2) is 5.13 Å². The monoisotopic (exact) mass is 408 g/mol. The van der Waals surface area contributed by atoms with Gasteiger partial charge < -0.3 is 4.57 Å². The van der Waals surface area contributed by atoms with E-state index < -0.39 is 0 Å². The molecule has 0 atom stereocenters. The van der Waals surface area contributed by atoms with Crippen molar-refractivity contribution in [3.05, 3.63) is 52.0 Å². The number of para-hydroxylation sites is 1. The van der Waals surface area contributed by atoms with Crippen molar-refractivity contribution in [2.45, 2.75) is 39.2 Å². The van der Waals surface area contributed by atoms with Gasteiger partial charge in [0.2, 0.25) is 0 Å². The third-order valence-electron chi connectivity index (χ3n) is 5.15. The topological polar surface area (TPSA) is 59.8 Å². The molecule has 1 aliphatic rings. The fraction of sp³-hybridized carbons (Fsp3) is 0.286. The molecule has 5 nitrogen and oxygen atoms in total. The summed E-state index contributed by atoms with van der Waals surface area (Å²) in [6, 6.07) is 10.5. The lowest BCUT2D eigenvalue weighted by molar-refractivity contribution is 0.102. The fourth-order valence-electron chi connectivity index (χ4n) is 3.79. The molecule has 0 aliphatic heterocycles. The maximum atomic E-state index is 12.7. The molecule has 0 bridgehead atoms. The molecule has 0 saturated heterocycles. The molecule has 0 saturated carbocycles. The number of rotatable bonds is 4. The van der Waals surface area contributed by atoms with Crippen molar-refractivity contribution in [2.24, 2.45) is 0 Å². The van der Waals surface area contributed by atoms with Crippen molar-refractivity contribution >= 4 is 44.6 Å². The van der Waals surface area contributed by atoms with Crippen LogP contribution in [0.4, 0.5) is 5.13 Å². The smallest absolute Gasteiger partial charge is 0.276 e. The van der Waals surface area contributed by atoms with Crippen LogP contribution in [0, 0.1) is 0 Å². The maximum Gasteiger partial charge on any atom is 0.276 e. The molecule has 4 aromatic rings. The lowest BCUT2D eigenvalue weighted by atomic mass is 10.0. The van der Waals surface area contributed by atoms with E-state index in [1.54, 1.807) is 11.3 Å². The van der Waals surface area contributed by atoms with E-state index >= 15 is 0 Å². The summed E-state index contributed by atoms with van der Waals surface area (Å²) in [6.45, 7) is 2.98. The molecule has 1 amide bonds. The van der Waals surface area contributed by atoms with Gasteiger partial charge >= 0.3 is 0 Å². The van der Waals surface area contributed by atoms with Gasteiger partial charge in [0, 0.05) is 27.7 Å². The number of hydrogen-bond donors (Lipinski definition) is 1. The number of hydrogen-bond acceptors (Lipinski definition) is 5. The predicted molar refractivity (Wildman–Crippen MR) is 115 cm³/mol. The van der Waals surface area contributed by atoms with Crippen molar-refractivity contribution in [1.82, 2.24) is 14.5 Å². The van der Waals surface area contributed by atoms with E-state index in [4.69, 9.17) is 0 Å². The summed E-state index contributed by atoms with van der Waals surface area (Å²) < 4.78 is 2.24. The van der Waals surface area contributed by atoms with Crippen LogP contribution in [0.25, 0.3) is 21.6 Å². The number of nitrogens with one attached hydrogen (secondary N) is 1. The number of anilines is 1. The lowest BCUT2D eigenvalue weighted by Crippen LogP contribution is -2.12. The molecule has 0 fully saturated rings. The van der Waals surface area contributed by atoms with E-state index in [0.29, 0.717) is 10.8 Å². The van der Waals surface area contributed by atoms with E-state index in [0.717, 1.165) is 35.8 Å². The number of aromatic nitrogens is 3. The Morgan fingerprint density at radius 2 is 2.07 bits per heavy atom. The van der Waals surface area contributed by atoms with Crippen LogP contribution in [0.3, 0.4) is 0 Å². The summed E-state index contributed by atoms with van der Waals surface area (Å²) in [4.78, 5) is 23.2. The maximum absolute atomic E-state index is 12.7. The number of amides is 1. The zero-order valence-electron chi connectivity index (χ0n) is 15.6. The van der Waals surface area contributed by atoms with Gasteiger partial charge in [-0.2, -0.15) is 0 Å². The highest BCUT2D eigenvalue weighted by molar-refractivity contribution is 7.16. The molecule has 0 radical (unpaired) electrons. The first-order valence-corrected chi connectivity index (χ1v) is 11.3. The molecule has 142 valence electrons. The average molecular weight is 409 g/mol. The molecule has 0 unspecified atom stereocenters. The molecule has 7 heteroatoms. The molecule has 1 aromatic carbocycles. The van der Waals surface area contributed by atoms with Crippen molar-refractivity contribution < 1.29 is 4.79 Å². The molecule has 1 aliphatic carbocycles. The Morgan fingerprint density at radius 3 is 2.93 bits per heavy atom. The second-order valence-corrected chi connectivity index (χ2v) is 8.86. The first-order chi connectivity index (χ1) is 13.7. The van der Waals surface area contributed by atoms with Crippen molar-refractivity contribution in [3.63, 3.8) is 0 Å². The number of thiazole rings is 2.